The zero-order valence-electron chi connectivity index (χ0n) is 13.3. The molecule has 0 fully saturated rings. The van der Waals surface area contributed by atoms with Gasteiger partial charge in [-0.1, -0.05) is 71.4 Å². The molecule has 3 unspecified atom stereocenters. The van der Waals surface area contributed by atoms with Crippen LogP contribution in [0.15, 0.2) is 30.3 Å². The van der Waals surface area contributed by atoms with Crippen LogP contribution in [-0.2, 0) is 0 Å². The third kappa shape index (κ3) is 4.65. The second kappa shape index (κ2) is 8.37. The van der Waals surface area contributed by atoms with E-state index >= 15 is 0 Å². The van der Waals surface area contributed by atoms with E-state index in [1.165, 1.54) is 18.4 Å². The third-order valence-corrected chi connectivity index (χ3v) is 4.18. The molecule has 1 aromatic rings. The van der Waals surface area contributed by atoms with Gasteiger partial charge in [-0.05, 0) is 30.4 Å². The molecule has 0 radical (unpaired) electrons. The van der Waals surface area contributed by atoms with Crippen LogP contribution in [0.5, 0.6) is 0 Å². The molecule has 19 heavy (non-hydrogen) atoms. The van der Waals surface area contributed by atoms with E-state index in [1.807, 2.05) is 0 Å². The summed E-state index contributed by atoms with van der Waals surface area (Å²) in [7, 11) is 0. The summed E-state index contributed by atoms with van der Waals surface area (Å²) in [4.78, 5) is 0. The molecule has 1 aromatic carbocycles. The van der Waals surface area contributed by atoms with Crippen LogP contribution < -0.4 is 5.32 Å². The van der Waals surface area contributed by atoms with Crippen LogP contribution in [-0.4, -0.2) is 12.6 Å². The van der Waals surface area contributed by atoms with Crippen molar-refractivity contribution in [2.24, 2.45) is 11.8 Å². The van der Waals surface area contributed by atoms with Gasteiger partial charge in [0.2, 0.25) is 0 Å². The van der Waals surface area contributed by atoms with E-state index in [-0.39, 0.29) is 0 Å². The van der Waals surface area contributed by atoms with Crippen LogP contribution in [0.3, 0.4) is 0 Å². The van der Waals surface area contributed by atoms with Crippen molar-refractivity contribution < 1.29 is 0 Å². The summed E-state index contributed by atoms with van der Waals surface area (Å²) in [6.45, 7) is 12.7. The van der Waals surface area contributed by atoms with E-state index in [9.17, 15) is 0 Å². The Morgan fingerprint density at radius 2 is 1.63 bits per heavy atom. The van der Waals surface area contributed by atoms with E-state index in [0.29, 0.717) is 23.8 Å². The fourth-order valence-electron chi connectivity index (χ4n) is 2.91. The van der Waals surface area contributed by atoms with Crippen molar-refractivity contribution >= 4 is 0 Å². The maximum absolute atomic E-state index is 3.78. The lowest BCUT2D eigenvalue weighted by Crippen LogP contribution is -2.42. The Labute approximate surface area is 119 Å². The summed E-state index contributed by atoms with van der Waals surface area (Å²) in [5, 5.41) is 3.78. The standard InChI is InChI=1S/C18H31N/c1-6-13-19-18(14(3)4)17(15(5)7-2)16-11-9-8-10-12-16/h8-12,14-15,17-19H,6-7,13H2,1-5H3. The molecular formula is C18H31N. The zero-order valence-corrected chi connectivity index (χ0v) is 13.3. The largest absolute Gasteiger partial charge is 0.313 e. The Kier molecular flexibility index (Phi) is 7.15. The fourth-order valence-corrected chi connectivity index (χ4v) is 2.91. The fraction of sp³-hybridized carbons (Fsp3) is 0.667. The Hall–Kier alpha value is -0.820. The van der Waals surface area contributed by atoms with Crippen LogP contribution in [0.25, 0.3) is 0 Å². The summed E-state index contributed by atoms with van der Waals surface area (Å²) in [5.41, 5.74) is 1.49. The molecule has 1 N–H and O–H groups in total. The smallest absolute Gasteiger partial charge is 0.0161 e. The lowest BCUT2D eigenvalue weighted by Gasteiger charge is -2.35. The third-order valence-electron chi connectivity index (χ3n) is 4.18. The SMILES string of the molecule is CCCNC(C(C)C)C(c1ccccc1)C(C)CC. The molecule has 0 aliphatic rings. The second-order valence-corrected chi connectivity index (χ2v) is 6.05. The van der Waals surface area contributed by atoms with Crippen molar-refractivity contribution in [3.8, 4) is 0 Å². The average Bonchev–Trinajstić information content (AvgIpc) is 2.43. The van der Waals surface area contributed by atoms with Gasteiger partial charge in [-0.3, -0.25) is 0 Å². The highest BCUT2D eigenvalue weighted by atomic mass is 14.9. The predicted octanol–water partition coefficient (Wildman–Crippen LogP) is 4.84. The first kappa shape index (κ1) is 16.2. The van der Waals surface area contributed by atoms with Gasteiger partial charge in [0.1, 0.15) is 0 Å². The monoisotopic (exact) mass is 261 g/mol. The minimum Gasteiger partial charge on any atom is -0.313 e. The Morgan fingerprint density at radius 1 is 1.00 bits per heavy atom. The summed E-state index contributed by atoms with van der Waals surface area (Å²) < 4.78 is 0. The van der Waals surface area contributed by atoms with Crippen LogP contribution in [0.2, 0.25) is 0 Å². The molecule has 1 heteroatoms. The first-order valence-corrected chi connectivity index (χ1v) is 7.90. The van der Waals surface area contributed by atoms with Gasteiger partial charge in [0.25, 0.3) is 0 Å². The second-order valence-electron chi connectivity index (χ2n) is 6.05. The average molecular weight is 261 g/mol. The first-order valence-electron chi connectivity index (χ1n) is 7.90. The molecule has 0 spiro atoms. The molecule has 0 saturated carbocycles. The maximum Gasteiger partial charge on any atom is 0.0161 e. The highest BCUT2D eigenvalue weighted by Crippen LogP contribution is 2.33. The number of benzene rings is 1. The van der Waals surface area contributed by atoms with Crippen LogP contribution in [0.4, 0.5) is 0 Å². The number of hydrogen-bond donors (Lipinski definition) is 1. The van der Waals surface area contributed by atoms with E-state index in [4.69, 9.17) is 0 Å². The number of nitrogens with one attached hydrogen (secondary N) is 1. The van der Waals surface area contributed by atoms with Gasteiger partial charge in [0.05, 0.1) is 0 Å². The summed E-state index contributed by atoms with van der Waals surface area (Å²) in [6.07, 6.45) is 2.43. The van der Waals surface area contributed by atoms with Crippen molar-refractivity contribution in [3.63, 3.8) is 0 Å². The normalized spacial score (nSPS) is 16.3. The highest BCUT2D eigenvalue weighted by molar-refractivity contribution is 5.22. The summed E-state index contributed by atoms with van der Waals surface area (Å²) in [5.74, 6) is 1.97. The molecule has 0 saturated heterocycles. The molecule has 108 valence electrons. The molecule has 0 aliphatic heterocycles. The minimum atomic E-state index is 0.567. The van der Waals surface area contributed by atoms with E-state index in [2.05, 4.69) is 70.3 Å². The molecule has 0 aromatic heterocycles. The van der Waals surface area contributed by atoms with E-state index < -0.39 is 0 Å². The minimum absolute atomic E-state index is 0.567. The van der Waals surface area contributed by atoms with E-state index in [1.54, 1.807) is 0 Å². The molecule has 3 atom stereocenters. The molecule has 0 amide bonds. The Morgan fingerprint density at radius 3 is 2.11 bits per heavy atom. The van der Waals surface area contributed by atoms with Gasteiger partial charge in [0.15, 0.2) is 0 Å². The molecule has 0 bridgehead atoms. The van der Waals surface area contributed by atoms with Crippen molar-refractivity contribution in [1.82, 2.24) is 5.32 Å². The number of hydrogen-bond acceptors (Lipinski definition) is 1. The van der Waals surface area contributed by atoms with Crippen molar-refractivity contribution in [3.05, 3.63) is 35.9 Å². The van der Waals surface area contributed by atoms with Crippen LogP contribution >= 0.6 is 0 Å². The van der Waals surface area contributed by atoms with Gasteiger partial charge in [-0.2, -0.15) is 0 Å². The Bertz CT molecular complexity index is 331. The van der Waals surface area contributed by atoms with Crippen LogP contribution in [0, 0.1) is 11.8 Å². The quantitative estimate of drug-likeness (QED) is 0.706. The van der Waals surface area contributed by atoms with Crippen molar-refractivity contribution in [2.75, 3.05) is 6.54 Å². The van der Waals surface area contributed by atoms with Gasteiger partial charge < -0.3 is 5.32 Å². The molecule has 1 rings (SSSR count). The Balaban J connectivity index is 2.99. The lowest BCUT2D eigenvalue weighted by molar-refractivity contribution is 0.277. The number of rotatable bonds is 8. The molecule has 0 heterocycles. The van der Waals surface area contributed by atoms with Crippen molar-refractivity contribution in [1.29, 1.82) is 0 Å². The van der Waals surface area contributed by atoms with Crippen molar-refractivity contribution in [2.45, 2.75) is 59.4 Å². The lowest BCUT2D eigenvalue weighted by atomic mass is 9.76. The van der Waals surface area contributed by atoms with Gasteiger partial charge in [-0.15, -0.1) is 0 Å². The molecule has 0 aliphatic carbocycles. The van der Waals surface area contributed by atoms with Gasteiger partial charge >= 0.3 is 0 Å². The highest BCUT2D eigenvalue weighted by Gasteiger charge is 2.29. The van der Waals surface area contributed by atoms with Gasteiger partial charge in [-0.25, -0.2) is 0 Å². The maximum atomic E-state index is 3.78. The predicted molar refractivity (Wildman–Crippen MR) is 85.6 cm³/mol. The molecular weight excluding hydrogens is 230 g/mol. The van der Waals surface area contributed by atoms with Crippen LogP contribution in [0.1, 0.15) is 58.9 Å². The first-order chi connectivity index (χ1) is 9.11. The molecule has 1 nitrogen and oxygen atoms in total. The van der Waals surface area contributed by atoms with Gasteiger partial charge in [0, 0.05) is 12.0 Å². The zero-order chi connectivity index (χ0) is 14.3. The van der Waals surface area contributed by atoms with E-state index in [0.717, 1.165) is 6.54 Å². The topological polar surface area (TPSA) is 12.0 Å². The summed E-state index contributed by atoms with van der Waals surface area (Å²) in [6, 6.07) is 11.6. The summed E-state index contributed by atoms with van der Waals surface area (Å²) >= 11 is 0.